The fourth-order valence-electron chi connectivity index (χ4n) is 3.68. The third-order valence-corrected chi connectivity index (χ3v) is 5.28. The maximum Gasteiger partial charge on any atom is 0.0218 e. The van der Waals surface area contributed by atoms with Crippen molar-refractivity contribution >= 4 is 0 Å². The smallest absolute Gasteiger partial charge is 0.0218 e. The Morgan fingerprint density at radius 1 is 1.16 bits per heavy atom. The number of piperazine rings is 1. The van der Waals surface area contributed by atoms with Crippen LogP contribution in [0.15, 0.2) is 0 Å². The van der Waals surface area contributed by atoms with Crippen LogP contribution in [0.5, 0.6) is 0 Å². The number of hydrogen-bond acceptors (Lipinski definition) is 3. The predicted molar refractivity (Wildman–Crippen MR) is 82.6 cm³/mol. The van der Waals surface area contributed by atoms with Crippen LogP contribution in [-0.4, -0.2) is 61.7 Å². The Morgan fingerprint density at radius 3 is 2.68 bits per heavy atom. The summed E-state index contributed by atoms with van der Waals surface area (Å²) in [5, 5.41) is 3.81. The zero-order valence-corrected chi connectivity index (χ0v) is 13.2. The molecular weight excluding hydrogens is 234 g/mol. The lowest BCUT2D eigenvalue weighted by atomic mass is 9.86. The van der Waals surface area contributed by atoms with Crippen LogP contribution in [0.4, 0.5) is 0 Å². The standard InChI is InChI=1S/C16H33N3/c1-4-15-13-19(12-11-18(15)3)10-9-17-16-8-6-5-7-14(16)2/h14-17H,4-13H2,1-3H3. The predicted octanol–water partition coefficient (Wildman–Crippen LogP) is 2.18. The molecule has 2 fully saturated rings. The minimum absolute atomic E-state index is 0.766. The van der Waals surface area contributed by atoms with Gasteiger partial charge in [-0.05, 0) is 32.2 Å². The average molecular weight is 267 g/mol. The number of hydrogen-bond donors (Lipinski definition) is 1. The molecule has 3 atom stereocenters. The first-order chi connectivity index (χ1) is 9.20. The van der Waals surface area contributed by atoms with E-state index < -0.39 is 0 Å². The minimum Gasteiger partial charge on any atom is -0.312 e. The van der Waals surface area contributed by atoms with E-state index in [1.807, 2.05) is 0 Å². The molecule has 0 amide bonds. The maximum absolute atomic E-state index is 3.81. The van der Waals surface area contributed by atoms with Crippen molar-refractivity contribution in [3.8, 4) is 0 Å². The van der Waals surface area contributed by atoms with Gasteiger partial charge in [-0.25, -0.2) is 0 Å². The summed E-state index contributed by atoms with van der Waals surface area (Å²) < 4.78 is 0. The van der Waals surface area contributed by atoms with Crippen LogP contribution >= 0.6 is 0 Å². The van der Waals surface area contributed by atoms with Crippen molar-refractivity contribution in [1.82, 2.24) is 15.1 Å². The topological polar surface area (TPSA) is 18.5 Å². The van der Waals surface area contributed by atoms with Crippen LogP contribution in [-0.2, 0) is 0 Å². The summed E-state index contributed by atoms with van der Waals surface area (Å²) in [5.41, 5.74) is 0. The van der Waals surface area contributed by atoms with Crippen molar-refractivity contribution in [2.24, 2.45) is 5.92 Å². The molecule has 2 aliphatic rings. The van der Waals surface area contributed by atoms with Crippen molar-refractivity contribution in [1.29, 1.82) is 0 Å². The summed E-state index contributed by atoms with van der Waals surface area (Å²) in [5.74, 6) is 0.879. The van der Waals surface area contributed by atoms with E-state index in [0.717, 1.165) is 18.0 Å². The van der Waals surface area contributed by atoms with Gasteiger partial charge in [0, 0.05) is 44.8 Å². The van der Waals surface area contributed by atoms with E-state index in [1.165, 1.54) is 64.8 Å². The molecule has 1 saturated carbocycles. The second-order valence-corrected chi connectivity index (χ2v) is 6.67. The van der Waals surface area contributed by atoms with Gasteiger partial charge in [-0.1, -0.05) is 26.7 Å². The van der Waals surface area contributed by atoms with E-state index in [1.54, 1.807) is 0 Å². The van der Waals surface area contributed by atoms with Crippen molar-refractivity contribution < 1.29 is 0 Å². The average Bonchev–Trinajstić information content (AvgIpc) is 2.43. The zero-order valence-electron chi connectivity index (χ0n) is 13.2. The van der Waals surface area contributed by atoms with Crippen LogP contribution in [0.3, 0.4) is 0 Å². The highest BCUT2D eigenvalue weighted by molar-refractivity contribution is 4.81. The molecule has 2 rings (SSSR count). The van der Waals surface area contributed by atoms with Crippen LogP contribution in [0.1, 0.15) is 46.0 Å². The first kappa shape index (κ1) is 15.3. The SMILES string of the molecule is CCC1CN(CCNC2CCCCC2C)CCN1C. The lowest BCUT2D eigenvalue weighted by Gasteiger charge is -2.39. The summed E-state index contributed by atoms with van der Waals surface area (Å²) in [4.78, 5) is 5.17. The van der Waals surface area contributed by atoms with Gasteiger partial charge < -0.3 is 10.2 Å². The van der Waals surface area contributed by atoms with E-state index in [0.29, 0.717) is 0 Å². The molecule has 1 aliphatic carbocycles. The molecule has 1 saturated heterocycles. The highest BCUT2D eigenvalue weighted by atomic mass is 15.3. The lowest BCUT2D eigenvalue weighted by molar-refractivity contribution is 0.0923. The summed E-state index contributed by atoms with van der Waals surface area (Å²) in [6.45, 7) is 10.9. The molecule has 1 aliphatic heterocycles. The van der Waals surface area contributed by atoms with Gasteiger partial charge in [-0.3, -0.25) is 4.90 Å². The number of nitrogens with one attached hydrogen (secondary N) is 1. The second-order valence-electron chi connectivity index (χ2n) is 6.67. The quantitative estimate of drug-likeness (QED) is 0.824. The Morgan fingerprint density at radius 2 is 1.95 bits per heavy atom. The molecule has 3 nitrogen and oxygen atoms in total. The Bertz CT molecular complexity index is 256. The monoisotopic (exact) mass is 267 g/mol. The van der Waals surface area contributed by atoms with Crippen molar-refractivity contribution in [3.05, 3.63) is 0 Å². The maximum atomic E-state index is 3.81. The van der Waals surface area contributed by atoms with Crippen LogP contribution < -0.4 is 5.32 Å². The van der Waals surface area contributed by atoms with Crippen molar-refractivity contribution in [3.63, 3.8) is 0 Å². The van der Waals surface area contributed by atoms with Crippen LogP contribution in [0.25, 0.3) is 0 Å². The zero-order chi connectivity index (χ0) is 13.7. The highest BCUT2D eigenvalue weighted by Gasteiger charge is 2.23. The molecule has 3 heteroatoms. The largest absolute Gasteiger partial charge is 0.312 e. The highest BCUT2D eigenvalue weighted by Crippen LogP contribution is 2.23. The van der Waals surface area contributed by atoms with Gasteiger partial charge in [0.05, 0.1) is 0 Å². The molecule has 3 unspecified atom stereocenters. The first-order valence-corrected chi connectivity index (χ1v) is 8.36. The number of likely N-dealkylation sites (N-methyl/N-ethyl adjacent to an activating group) is 1. The summed E-state index contributed by atoms with van der Waals surface area (Å²) in [7, 11) is 2.27. The second kappa shape index (κ2) is 7.61. The van der Waals surface area contributed by atoms with Crippen molar-refractivity contribution in [2.75, 3.05) is 39.8 Å². The van der Waals surface area contributed by atoms with E-state index in [9.17, 15) is 0 Å². The van der Waals surface area contributed by atoms with Gasteiger partial charge in [0.15, 0.2) is 0 Å². The molecule has 19 heavy (non-hydrogen) atoms. The molecule has 0 aromatic heterocycles. The lowest BCUT2D eigenvalue weighted by Crippen LogP contribution is -2.53. The Labute approximate surface area is 119 Å². The van der Waals surface area contributed by atoms with E-state index >= 15 is 0 Å². The molecular formula is C16H33N3. The normalized spacial score (nSPS) is 34.6. The summed E-state index contributed by atoms with van der Waals surface area (Å²) in [6, 6.07) is 1.55. The van der Waals surface area contributed by atoms with Gasteiger partial charge in [0.25, 0.3) is 0 Å². The van der Waals surface area contributed by atoms with E-state index in [-0.39, 0.29) is 0 Å². The van der Waals surface area contributed by atoms with E-state index in [2.05, 4.69) is 36.0 Å². The third kappa shape index (κ3) is 4.44. The van der Waals surface area contributed by atoms with Gasteiger partial charge in [0.1, 0.15) is 0 Å². The molecule has 0 aromatic carbocycles. The van der Waals surface area contributed by atoms with Gasteiger partial charge in [-0.15, -0.1) is 0 Å². The molecule has 0 aromatic rings. The first-order valence-electron chi connectivity index (χ1n) is 8.36. The molecule has 1 heterocycles. The molecule has 0 spiro atoms. The minimum atomic E-state index is 0.766. The molecule has 0 radical (unpaired) electrons. The Kier molecular flexibility index (Phi) is 6.11. The van der Waals surface area contributed by atoms with Gasteiger partial charge >= 0.3 is 0 Å². The Hall–Kier alpha value is -0.120. The third-order valence-electron chi connectivity index (χ3n) is 5.28. The molecule has 1 N–H and O–H groups in total. The Balaban J connectivity index is 1.65. The fraction of sp³-hybridized carbons (Fsp3) is 1.00. The van der Waals surface area contributed by atoms with Gasteiger partial charge in [-0.2, -0.15) is 0 Å². The summed E-state index contributed by atoms with van der Waals surface area (Å²) >= 11 is 0. The van der Waals surface area contributed by atoms with E-state index in [4.69, 9.17) is 0 Å². The molecule has 112 valence electrons. The summed E-state index contributed by atoms with van der Waals surface area (Å²) in [6.07, 6.45) is 6.95. The number of rotatable bonds is 5. The van der Waals surface area contributed by atoms with Gasteiger partial charge in [0.2, 0.25) is 0 Å². The molecule has 0 bridgehead atoms. The number of nitrogens with zero attached hydrogens (tertiary/aromatic N) is 2. The van der Waals surface area contributed by atoms with Crippen LogP contribution in [0.2, 0.25) is 0 Å². The van der Waals surface area contributed by atoms with Crippen molar-refractivity contribution in [2.45, 2.75) is 58.0 Å². The fourth-order valence-corrected chi connectivity index (χ4v) is 3.68. The van der Waals surface area contributed by atoms with Crippen LogP contribution in [0, 0.1) is 5.92 Å².